The molecule has 0 unspecified atom stereocenters. The van der Waals surface area contributed by atoms with Crippen LogP contribution >= 0.6 is 23.8 Å². The average Bonchev–Trinajstić information content (AvgIpc) is 3.01. The van der Waals surface area contributed by atoms with Crippen LogP contribution < -0.4 is 5.56 Å². The van der Waals surface area contributed by atoms with Crippen molar-refractivity contribution in [1.29, 1.82) is 0 Å². The van der Waals surface area contributed by atoms with E-state index in [2.05, 4.69) is 9.97 Å². The molecule has 0 radical (unpaired) electrons. The van der Waals surface area contributed by atoms with Gasteiger partial charge in [0.2, 0.25) is 0 Å². The van der Waals surface area contributed by atoms with Crippen LogP contribution in [0.2, 0.25) is 5.02 Å². The van der Waals surface area contributed by atoms with Gasteiger partial charge in [0, 0.05) is 16.8 Å². The number of halogens is 1. The van der Waals surface area contributed by atoms with Gasteiger partial charge in [-0.15, -0.1) is 0 Å². The molecule has 2 aromatic heterocycles. The first-order valence-electron chi connectivity index (χ1n) is 7.33. The molecular formula is C18H12ClN3OS. The Morgan fingerprint density at radius 3 is 2.38 bits per heavy atom. The van der Waals surface area contributed by atoms with Gasteiger partial charge in [-0.3, -0.25) is 9.36 Å². The monoisotopic (exact) mass is 353 g/mol. The first-order chi connectivity index (χ1) is 11.6. The van der Waals surface area contributed by atoms with Crippen molar-refractivity contribution in [3.8, 4) is 16.8 Å². The van der Waals surface area contributed by atoms with E-state index in [1.54, 1.807) is 24.3 Å². The minimum atomic E-state index is -0.196. The van der Waals surface area contributed by atoms with Crippen molar-refractivity contribution < 1.29 is 0 Å². The van der Waals surface area contributed by atoms with E-state index in [0.717, 1.165) is 11.1 Å². The van der Waals surface area contributed by atoms with Crippen LogP contribution in [0.15, 0.2) is 65.6 Å². The minimum Gasteiger partial charge on any atom is -0.355 e. The predicted molar refractivity (Wildman–Crippen MR) is 99.5 cm³/mol. The molecule has 4 aromatic rings. The minimum absolute atomic E-state index is 0.196. The van der Waals surface area contributed by atoms with Gasteiger partial charge in [0.1, 0.15) is 5.52 Å². The Morgan fingerprint density at radius 2 is 1.67 bits per heavy atom. The van der Waals surface area contributed by atoms with E-state index in [1.165, 1.54) is 4.57 Å². The van der Waals surface area contributed by atoms with Gasteiger partial charge in [-0.2, -0.15) is 0 Å². The molecule has 2 aromatic carbocycles. The van der Waals surface area contributed by atoms with Crippen LogP contribution in [0.1, 0.15) is 0 Å². The molecule has 0 saturated carbocycles. The number of hydrogen-bond donors (Lipinski definition) is 2. The smallest absolute Gasteiger partial charge is 0.283 e. The molecule has 4 rings (SSSR count). The lowest BCUT2D eigenvalue weighted by atomic mass is 10.1. The number of fused-ring (bicyclic) bond motifs is 1. The molecule has 24 heavy (non-hydrogen) atoms. The maximum Gasteiger partial charge on any atom is 0.283 e. The van der Waals surface area contributed by atoms with Gasteiger partial charge >= 0.3 is 0 Å². The largest absolute Gasteiger partial charge is 0.355 e. The molecule has 0 atom stereocenters. The van der Waals surface area contributed by atoms with Crippen LogP contribution in [0.3, 0.4) is 0 Å². The molecule has 0 aliphatic heterocycles. The summed E-state index contributed by atoms with van der Waals surface area (Å²) in [5.74, 6) is 0. The summed E-state index contributed by atoms with van der Waals surface area (Å²) in [6.07, 6.45) is 1.82. The van der Waals surface area contributed by atoms with Gasteiger partial charge in [-0.1, -0.05) is 41.9 Å². The summed E-state index contributed by atoms with van der Waals surface area (Å²) in [7, 11) is 0. The quantitative estimate of drug-likeness (QED) is 0.513. The topological polar surface area (TPSA) is 53.6 Å². The summed E-state index contributed by atoms with van der Waals surface area (Å²) in [5, 5.41) is 0.606. The van der Waals surface area contributed by atoms with Crippen molar-refractivity contribution in [3.05, 3.63) is 80.9 Å². The van der Waals surface area contributed by atoms with Gasteiger partial charge in [0.25, 0.3) is 5.56 Å². The molecule has 2 N–H and O–H groups in total. The molecule has 0 spiro atoms. The first-order valence-corrected chi connectivity index (χ1v) is 8.11. The third kappa shape index (κ3) is 2.38. The molecular weight excluding hydrogens is 342 g/mol. The van der Waals surface area contributed by atoms with E-state index in [9.17, 15) is 4.79 Å². The summed E-state index contributed by atoms with van der Waals surface area (Å²) in [4.78, 5) is 19.1. The molecule has 118 valence electrons. The Kier molecular flexibility index (Phi) is 3.59. The summed E-state index contributed by atoms with van der Waals surface area (Å²) in [6, 6.07) is 16.8. The highest BCUT2D eigenvalue weighted by atomic mass is 35.5. The van der Waals surface area contributed by atoms with E-state index in [1.807, 2.05) is 36.5 Å². The highest BCUT2D eigenvalue weighted by Crippen LogP contribution is 2.25. The summed E-state index contributed by atoms with van der Waals surface area (Å²) < 4.78 is 1.80. The van der Waals surface area contributed by atoms with Crippen LogP contribution in [0.5, 0.6) is 0 Å². The second kappa shape index (κ2) is 5.78. The fourth-order valence-electron chi connectivity index (χ4n) is 2.76. The SMILES string of the molecule is O=c1c2[nH]cc(-c3ccccc3)c2[nH]c(=S)n1-c1ccc(Cl)cc1. The van der Waals surface area contributed by atoms with Gasteiger partial charge in [-0.05, 0) is 42.0 Å². The zero-order valence-electron chi connectivity index (χ0n) is 12.4. The van der Waals surface area contributed by atoms with Crippen molar-refractivity contribution in [3.63, 3.8) is 0 Å². The highest BCUT2D eigenvalue weighted by Gasteiger charge is 2.13. The Hall–Kier alpha value is -2.63. The third-order valence-electron chi connectivity index (χ3n) is 3.90. The van der Waals surface area contributed by atoms with Crippen LogP contribution in [0.4, 0.5) is 0 Å². The van der Waals surface area contributed by atoms with E-state index < -0.39 is 0 Å². The number of nitrogens with one attached hydrogen (secondary N) is 2. The zero-order chi connectivity index (χ0) is 16.7. The molecule has 0 bridgehead atoms. The third-order valence-corrected chi connectivity index (χ3v) is 4.44. The molecule has 4 nitrogen and oxygen atoms in total. The molecule has 0 aliphatic rings. The fourth-order valence-corrected chi connectivity index (χ4v) is 3.18. The van der Waals surface area contributed by atoms with E-state index in [-0.39, 0.29) is 5.56 Å². The molecule has 0 fully saturated rings. The Balaban J connectivity index is 1.99. The van der Waals surface area contributed by atoms with Crippen molar-refractivity contribution in [2.24, 2.45) is 0 Å². The highest BCUT2D eigenvalue weighted by molar-refractivity contribution is 7.71. The van der Waals surface area contributed by atoms with E-state index in [4.69, 9.17) is 23.8 Å². The lowest BCUT2D eigenvalue weighted by Gasteiger charge is -2.07. The number of nitrogens with zero attached hydrogens (tertiary/aromatic N) is 1. The van der Waals surface area contributed by atoms with E-state index in [0.29, 0.717) is 26.5 Å². The average molecular weight is 354 g/mol. The van der Waals surface area contributed by atoms with Crippen LogP contribution in [-0.4, -0.2) is 14.5 Å². The molecule has 0 amide bonds. The van der Waals surface area contributed by atoms with Crippen LogP contribution in [-0.2, 0) is 0 Å². The maximum atomic E-state index is 12.9. The Morgan fingerprint density at radius 1 is 0.958 bits per heavy atom. The predicted octanol–water partition coefficient (Wildman–Crippen LogP) is 4.70. The second-order valence-corrected chi connectivity index (χ2v) is 6.19. The van der Waals surface area contributed by atoms with Crippen molar-refractivity contribution in [1.82, 2.24) is 14.5 Å². The number of aromatic nitrogens is 3. The molecule has 0 aliphatic carbocycles. The summed E-state index contributed by atoms with van der Waals surface area (Å²) in [6.45, 7) is 0. The van der Waals surface area contributed by atoms with Crippen LogP contribution in [0.25, 0.3) is 27.8 Å². The zero-order valence-corrected chi connectivity index (χ0v) is 14.0. The van der Waals surface area contributed by atoms with Gasteiger partial charge < -0.3 is 9.97 Å². The lowest BCUT2D eigenvalue weighted by Crippen LogP contribution is -2.20. The molecule has 2 heterocycles. The lowest BCUT2D eigenvalue weighted by molar-refractivity contribution is 0.937. The Bertz CT molecular complexity index is 1140. The first kappa shape index (κ1) is 14.9. The normalized spacial score (nSPS) is 11.0. The number of hydrogen-bond acceptors (Lipinski definition) is 2. The van der Waals surface area contributed by atoms with Gasteiger partial charge in [-0.25, -0.2) is 0 Å². The van der Waals surface area contributed by atoms with Gasteiger partial charge in [0.05, 0.1) is 11.2 Å². The summed E-state index contributed by atoms with van der Waals surface area (Å²) >= 11 is 11.3. The fraction of sp³-hybridized carbons (Fsp3) is 0. The van der Waals surface area contributed by atoms with Crippen LogP contribution in [0, 0.1) is 4.77 Å². The number of aromatic amines is 2. The van der Waals surface area contributed by atoms with Crippen molar-refractivity contribution >= 4 is 34.9 Å². The van der Waals surface area contributed by atoms with Gasteiger partial charge in [0.15, 0.2) is 4.77 Å². The second-order valence-electron chi connectivity index (χ2n) is 5.37. The molecule has 0 saturated heterocycles. The molecule has 6 heteroatoms. The summed E-state index contributed by atoms with van der Waals surface area (Å²) in [5.41, 5.74) is 3.59. The number of H-pyrrole nitrogens is 2. The number of benzene rings is 2. The van der Waals surface area contributed by atoms with Crippen molar-refractivity contribution in [2.45, 2.75) is 0 Å². The maximum absolute atomic E-state index is 12.9. The standard InChI is InChI=1S/C18H12ClN3OS/c19-12-6-8-13(9-7-12)22-17(23)16-15(21-18(22)24)14(10-20-16)11-4-2-1-3-5-11/h1-10,20H,(H,21,24). The van der Waals surface area contributed by atoms with Crippen molar-refractivity contribution in [2.75, 3.05) is 0 Å². The van der Waals surface area contributed by atoms with E-state index >= 15 is 0 Å². The Labute approximate surface area is 147 Å². The number of rotatable bonds is 2.